The number of rotatable bonds is 2. The van der Waals surface area contributed by atoms with Crippen molar-refractivity contribution in [2.75, 3.05) is 13.1 Å². The molecular formula is C21H24N4O2. The molecule has 1 aromatic carbocycles. The average Bonchev–Trinajstić information content (AvgIpc) is 3.37. The van der Waals surface area contributed by atoms with E-state index in [9.17, 15) is 0 Å². The number of pyridine rings is 1. The molecule has 4 heterocycles. The van der Waals surface area contributed by atoms with Crippen molar-refractivity contribution < 1.29 is 9.90 Å². The predicted octanol–water partition coefficient (Wildman–Crippen LogP) is 3.60. The first-order chi connectivity index (χ1) is 13.3. The van der Waals surface area contributed by atoms with Gasteiger partial charge in [0.2, 0.25) is 0 Å². The largest absolute Gasteiger partial charge is 0.483 e. The highest BCUT2D eigenvalue weighted by atomic mass is 16.3. The Balaban J connectivity index is 0.000000565. The molecule has 0 bridgehead atoms. The van der Waals surface area contributed by atoms with Crippen LogP contribution in [0.2, 0.25) is 0 Å². The average molecular weight is 364 g/mol. The van der Waals surface area contributed by atoms with E-state index in [0.717, 1.165) is 11.3 Å². The Morgan fingerprint density at radius 3 is 2.63 bits per heavy atom. The van der Waals surface area contributed by atoms with Crippen LogP contribution in [0.3, 0.4) is 0 Å². The first-order valence-electron chi connectivity index (χ1n) is 9.51. The van der Waals surface area contributed by atoms with Gasteiger partial charge >= 0.3 is 0 Å². The number of fused-ring (bicyclic) bond motifs is 2. The Hall–Kier alpha value is -2.73. The molecule has 6 nitrogen and oxygen atoms in total. The summed E-state index contributed by atoms with van der Waals surface area (Å²) in [6.45, 7) is 2.29. The van der Waals surface area contributed by atoms with E-state index >= 15 is 0 Å². The number of imidazole rings is 1. The fourth-order valence-electron chi connectivity index (χ4n) is 4.60. The first kappa shape index (κ1) is 17.7. The van der Waals surface area contributed by atoms with Gasteiger partial charge in [-0.2, -0.15) is 0 Å². The second kappa shape index (κ2) is 7.88. The highest BCUT2D eigenvalue weighted by Crippen LogP contribution is 2.37. The van der Waals surface area contributed by atoms with Gasteiger partial charge in [0.1, 0.15) is 5.82 Å². The molecule has 0 saturated carbocycles. The van der Waals surface area contributed by atoms with Crippen molar-refractivity contribution in [1.29, 1.82) is 0 Å². The molecule has 3 aromatic rings. The van der Waals surface area contributed by atoms with Crippen LogP contribution in [0.15, 0.2) is 48.9 Å². The molecule has 2 atom stereocenters. The zero-order chi connectivity index (χ0) is 18.6. The number of piperidine rings is 1. The molecule has 5 rings (SSSR count). The van der Waals surface area contributed by atoms with E-state index in [1.54, 1.807) is 0 Å². The summed E-state index contributed by atoms with van der Waals surface area (Å²) in [7, 11) is 0. The van der Waals surface area contributed by atoms with Crippen LogP contribution in [0.4, 0.5) is 0 Å². The van der Waals surface area contributed by atoms with Crippen LogP contribution in [0.1, 0.15) is 31.7 Å². The molecule has 0 spiro atoms. The lowest BCUT2D eigenvalue weighted by molar-refractivity contribution is -0.122. The minimum atomic E-state index is -0.250. The summed E-state index contributed by atoms with van der Waals surface area (Å²) >= 11 is 0. The molecule has 0 amide bonds. The maximum Gasteiger partial charge on any atom is 0.290 e. The van der Waals surface area contributed by atoms with Crippen molar-refractivity contribution >= 4 is 17.4 Å². The van der Waals surface area contributed by atoms with Gasteiger partial charge in [0.05, 0.1) is 11.6 Å². The van der Waals surface area contributed by atoms with Crippen molar-refractivity contribution in [3.8, 4) is 11.4 Å². The molecule has 0 aliphatic carbocycles. The van der Waals surface area contributed by atoms with Gasteiger partial charge in [0.25, 0.3) is 6.47 Å². The van der Waals surface area contributed by atoms with Gasteiger partial charge < -0.3 is 9.67 Å². The first-order valence-corrected chi connectivity index (χ1v) is 9.51. The number of benzene rings is 1. The third-order valence-corrected chi connectivity index (χ3v) is 5.69. The number of hydrogen-bond acceptors (Lipinski definition) is 4. The third kappa shape index (κ3) is 3.45. The Kier molecular flexibility index (Phi) is 5.16. The van der Waals surface area contributed by atoms with E-state index in [0.29, 0.717) is 12.1 Å². The fourth-order valence-corrected chi connectivity index (χ4v) is 4.60. The van der Waals surface area contributed by atoms with E-state index in [1.807, 2.05) is 18.5 Å². The second-order valence-corrected chi connectivity index (χ2v) is 7.13. The van der Waals surface area contributed by atoms with Gasteiger partial charge in [-0.05, 0) is 63.0 Å². The summed E-state index contributed by atoms with van der Waals surface area (Å²) in [6.07, 6.45) is 11.2. The maximum atomic E-state index is 8.36. The van der Waals surface area contributed by atoms with Crippen molar-refractivity contribution in [2.24, 2.45) is 0 Å². The van der Waals surface area contributed by atoms with Crippen LogP contribution in [0.5, 0.6) is 0 Å². The van der Waals surface area contributed by atoms with Gasteiger partial charge in [0, 0.05) is 35.6 Å². The third-order valence-electron chi connectivity index (χ3n) is 5.69. The Labute approximate surface area is 158 Å². The van der Waals surface area contributed by atoms with Crippen LogP contribution in [0.25, 0.3) is 22.3 Å². The van der Waals surface area contributed by atoms with Crippen molar-refractivity contribution in [1.82, 2.24) is 19.4 Å². The van der Waals surface area contributed by atoms with Crippen LogP contribution in [0, 0.1) is 0 Å². The SMILES string of the molecule is O=CO.c1cnc2ccc(-c3nccn3[C@H]3CCCN4CCC[C@@H]34)cc2c1. The number of aromatic nitrogens is 3. The standard InChI is InChI=1S/C20H22N4.CH2O2/c1-4-15-14-16(7-8-17(15)21-9-1)20-22-10-13-24(20)19-6-3-12-23-11-2-5-18(19)23;2-1-3/h1,4,7-10,13-14,18-19H,2-3,5-6,11-12H2;1H,(H,2,3)/t18-,19-;/m0./s1. The molecule has 0 unspecified atom stereocenters. The van der Waals surface area contributed by atoms with E-state index in [4.69, 9.17) is 14.9 Å². The molecule has 2 aliphatic rings. The molecule has 2 saturated heterocycles. The molecule has 0 radical (unpaired) electrons. The van der Waals surface area contributed by atoms with E-state index in [-0.39, 0.29) is 6.47 Å². The molecule has 27 heavy (non-hydrogen) atoms. The van der Waals surface area contributed by atoms with Gasteiger partial charge in [-0.25, -0.2) is 4.98 Å². The summed E-state index contributed by atoms with van der Waals surface area (Å²) in [4.78, 5) is 20.2. The van der Waals surface area contributed by atoms with Gasteiger partial charge in [0.15, 0.2) is 0 Å². The summed E-state index contributed by atoms with van der Waals surface area (Å²) < 4.78 is 2.43. The molecule has 2 fully saturated rings. The summed E-state index contributed by atoms with van der Waals surface area (Å²) in [5.74, 6) is 1.10. The normalized spacial score (nSPS) is 22.1. The van der Waals surface area contributed by atoms with Crippen LogP contribution in [-0.2, 0) is 4.79 Å². The quantitative estimate of drug-likeness (QED) is 0.704. The Bertz CT molecular complexity index is 923. The number of hydrogen-bond donors (Lipinski definition) is 1. The molecule has 140 valence electrons. The minimum Gasteiger partial charge on any atom is -0.483 e. The van der Waals surface area contributed by atoms with Crippen molar-refractivity contribution in [3.05, 3.63) is 48.9 Å². The van der Waals surface area contributed by atoms with Crippen LogP contribution >= 0.6 is 0 Å². The molecular weight excluding hydrogens is 340 g/mol. The molecule has 6 heteroatoms. The monoisotopic (exact) mass is 364 g/mol. The molecule has 2 aliphatic heterocycles. The lowest BCUT2D eigenvalue weighted by atomic mass is 9.95. The van der Waals surface area contributed by atoms with E-state index in [1.165, 1.54) is 49.7 Å². The summed E-state index contributed by atoms with van der Waals surface area (Å²) in [5, 5.41) is 8.07. The maximum absolute atomic E-state index is 8.36. The van der Waals surface area contributed by atoms with Gasteiger partial charge in [-0.15, -0.1) is 0 Å². The van der Waals surface area contributed by atoms with E-state index < -0.39 is 0 Å². The number of nitrogens with zero attached hydrogens (tertiary/aromatic N) is 4. The topological polar surface area (TPSA) is 71.2 Å². The zero-order valence-electron chi connectivity index (χ0n) is 15.2. The predicted molar refractivity (Wildman–Crippen MR) is 105 cm³/mol. The van der Waals surface area contributed by atoms with E-state index in [2.05, 4.69) is 44.9 Å². The minimum absolute atomic E-state index is 0.250. The lowest BCUT2D eigenvalue weighted by Crippen LogP contribution is -2.41. The smallest absolute Gasteiger partial charge is 0.290 e. The summed E-state index contributed by atoms with van der Waals surface area (Å²) in [6, 6.07) is 11.8. The van der Waals surface area contributed by atoms with Gasteiger partial charge in [-0.1, -0.05) is 6.07 Å². The second-order valence-electron chi connectivity index (χ2n) is 7.13. The number of carbonyl (C=O) groups is 1. The summed E-state index contributed by atoms with van der Waals surface area (Å²) in [5.41, 5.74) is 2.23. The molecule has 2 aromatic heterocycles. The zero-order valence-corrected chi connectivity index (χ0v) is 15.2. The van der Waals surface area contributed by atoms with Crippen molar-refractivity contribution in [3.63, 3.8) is 0 Å². The Morgan fingerprint density at radius 1 is 1.04 bits per heavy atom. The highest BCUT2D eigenvalue weighted by molar-refractivity contribution is 5.83. The van der Waals surface area contributed by atoms with Crippen LogP contribution < -0.4 is 0 Å². The molecule has 1 N–H and O–H groups in total. The van der Waals surface area contributed by atoms with Crippen molar-refractivity contribution in [2.45, 2.75) is 37.8 Å². The lowest BCUT2D eigenvalue weighted by Gasteiger charge is -2.38. The van der Waals surface area contributed by atoms with Gasteiger partial charge in [-0.3, -0.25) is 14.7 Å². The highest BCUT2D eigenvalue weighted by Gasteiger charge is 2.36. The number of carboxylic acid groups (broad SMARTS) is 1. The van der Waals surface area contributed by atoms with Crippen LogP contribution in [-0.4, -0.2) is 50.1 Å². The Morgan fingerprint density at radius 2 is 1.81 bits per heavy atom. The fraction of sp³-hybridized carbons (Fsp3) is 0.381.